The average Bonchev–Trinajstić information content (AvgIpc) is 2.39. The number of halogens is 1. The molecule has 2 saturated heterocycles. The van der Waals surface area contributed by atoms with Gasteiger partial charge in [0.05, 0.1) is 10.6 Å². The summed E-state index contributed by atoms with van der Waals surface area (Å²) in [5.41, 5.74) is 6.75. The summed E-state index contributed by atoms with van der Waals surface area (Å²) in [6.45, 7) is 0. The third-order valence-corrected chi connectivity index (χ3v) is 5.23. The van der Waals surface area contributed by atoms with Gasteiger partial charge in [-0.3, -0.25) is 4.79 Å². The maximum atomic E-state index is 12.4. The van der Waals surface area contributed by atoms with E-state index >= 15 is 0 Å². The maximum Gasteiger partial charge on any atom is 0.253 e. The molecule has 2 aliphatic heterocycles. The molecule has 0 spiro atoms. The van der Waals surface area contributed by atoms with Crippen molar-refractivity contribution in [2.45, 2.75) is 50.2 Å². The Kier molecular flexibility index (Phi) is 4.09. The van der Waals surface area contributed by atoms with E-state index in [1.54, 1.807) is 18.2 Å². The first-order valence-corrected chi connectivity index (χ1v) is 8.00. The van der Waals surface area contributed by atoms with Crippen LogP contribution in [0.25, 0.3) is 0 Å². The van der Waals surface area contributed by atoms with Crippen molar-refractivity contribution < 1.29 is 4.79 Å². The highest BCUT2D eigenvalue weighted by molar-refractivity contribution is 6.34. The summed E-state index contributed by atoms with van der Waals surface area (Å²) in [4.78, 5) is 14.9. The molecule has 2 aliphatic rings. The predicted octanol–water partition coefficient (Wildman–Crippen LogP) is 2.67. The molecule has 2 atom stereocenters. The molecule has 0 saturated carbocycles. The van der Waals surface area contributed by atoms with Crippen molar-refractivity contribution in [3.05, 3.63) is 28.8 Å². The second-order valence-corrected chi connectivity index (χ2v) is 6.69. The number of carbonyl (C=O) groups is 1. The highest BCUT2D eigenvalue weighted by Crippen LogP contribution is 2.32. The minimum absolute atomic E-state index is 0.0902. The van der Waals surface area contributed by atoms with Crippen molar-refractivity contribution >= 4 is 23.2 Å². The highest BCUT2D eigenvalue weighted by atomic mass is 35.5. The molecule has 2 heterocycles. The lowest BCUT2D eigenvalue weighted by atomic mass is 9.82. The predicted molar refractivity (Wildman–Crippen MR) is 85.5 cm³/mol. The van der Waals surface area contributed by atoms with Gasteiger partial charge in [-0.2, -0.15) is 0 Å². The molecule has 2 bridgehead atoms. The Morgan fingerprint density at radius 1 is 1.33 bits per heavy atom. The van der Waals surface area contributed by atoms with Gasteiger partial charge in [-0.25, -0.2) is 0 Å². The fourth-order valence-electron chi connectivity index (χ4n) is 3.71. The zero-order valence-electron chi connectivity index (χ0n) is 12.3. The molecule has 4 nitrogen and oxygen atoms in total. The standard InChI is InChI=1S/C16H22ClN3O/c1-20-12-3-2-4-13(20)9-11(8-12)19-16(21)14-6-5-10(18)7-15(14)17/h5-7,11-13H,2-4,8-9,18H2,1H3,(H,19,21). The van der Waals surface area contributed by atoms with Crippen molar-refractivity contribution in [2.75, 3.05) is 12.8 Å². The third-order valence-electron chi connectivity index (χ3n) is 4.91. The van der Waals surface area contributed by atoms with E-state index in [0.717, 1.165) is 12.8 Å². The van der Waals surface area contributed by atoms with Gasteiger partial charge in [0.2, 0.25) is 0 Å². The Morgan fingerprint density at radius 3 is 2.62 bits per heavy atom. The molecular formula is C16H22ClN3O. The van der Waals surface area contributed by atoms with Crippen LogP contribution in [0.1, 0.15) is 42.5 Å². The number of nitrogens with one attached hydrogen (secondary N) is 1. The molecule has 1 aromatic rings. The quantitative estimate of drug-likeness (QED) is 0.826. The van der Waals surface area contributed by atoms with Crippen molar-refractivity contribution in [1.82, 2.24) is 10.2 Å². The van der Waals surface area contributed by atoms with Crippen LogP contribution in [0.3, 0.4) is 0 Å². The molecule has 3 N–H and O–H groups in total. The molecule has 3 rings (SSSR count). The molecule has 0 aromatic heterocycles. The van der Waals surface area contributed by atoms with E-state index in [4.69, 9.17) is 17.3 Å². The summed E-state index contributed by atoms with van der Waals surface area (Å²) in [5, 5.41) is 3.57. The summed E-state index contributed by atoms with van der Waals surface area (Å²) in [5.74, 6) is -0.0902. The van der Waals surface area contributed by atoms with Gasteiger partial charge in [-0.05, 0) is 50.9 Å². The second-order valence-electron chi connectivity index (χ2n) is 6.29. The first kappa shape index (κ1) is 14.7. The fraction of sp³-hybridized carbons (Fsp3) is 0.562. The number of nitrogens with zero attached hydrogens (tertiary/aromatic N) is 1. The van der Waals surface area contributed by atoms with Gasteiger partial charge in [0.15, 0.2) is 0 Å². The number of nitrogens with two attached hydrogens (primary N) is 1. The normalized spacial score (nSPS) is 29.1. The Balaban J connectivity index is 1.68. The summed E-state index contributed by atoms with van der Waals surface area (Å²) in [6, 6.07) is 6.49. The number of benzene rings is 1. The number of hydrogen-bond acceptors (Lipinski definition) is 3. The van der Waals surface area contributed by atoms with Gasteiger partial charge in [0.25, 0.3) is 5.91 Å². The average molecular weight is 308 g/mol. The smallest absolute Gasteiger partial charge is 0.253 e. The maximum absolute atomic E-state index is 12.4. The van der Waals surface area contributed by atoms with Gasteiger partial charge >= 0.3 is 0 Å². The number of rotatable bonds is 2. The fourth-order valence-corrected chi connectivity index (χ4v) is 3.99. The van der Waals surface area contributed by atoms with Crippen molar-refractivity contribution in [2.24, 2.45) is 0 Å². The van der Waals surface area contributed by atoms with E-state index < -0.39 is 0 Å². The molecular weight excluding hydrogens is 286 g/mol. The Bertz CT molecular complexity index is 534. The van der Waals surface area contributed by atoms with Crippen LogP contribution in [-0.4, -0.2) is 36.0 Å². The van der Waals surface area contributed by atoms with Gasteiger partial charge < -0.3 is 16.0 Å². The highest BCUT2D eigenvalue weighted by Gasteiger charge is 2.36. The molecule has 5 heteroatoms. The van der Waals surface area contributed by atoms with Crippen molar-refractivity contribution in [3.63, 3.8) is 0 Å². The van der Waals surface area contributed by atoms with Gasteiger partial charge in [0, 0.05) is 23.8 Å². The summed E-state index contributed by atoms with van der Waals surface area (Å²) >= 11 is 6.11. The number of nitrogen functional groups attached to an aromatic ring is 1. The van der Waals surface area contributed by atoms with Gasteiger partial charge in [-0.15, -0.1) is 0 Å². The molecule has 1 amide bonds. The Morgan fingerprint density at radius 2 is 2.00 bits per heavy atom. The molecule has 2 unspecified atom stereocenters. The lowest BCUT2D eigenvalue weighted by Gasteiger charge is -2.47. The zero-order valence-corrected chi connectivity index (χ0v) is 13.1. The van der Waals surface area contributed by atoms with Gasteiger partial charge in [0.1, 0.15) is 0 Å². The zero-order chi connectivity index (χ0) is 15.0. The first-order chi connectivity index (χ1) is 10.0. The van der Waals surface area contributed by atoms with E-state index in [1.807, 2.05) is 0 Å². The van der Waals surface area contributed by atoms with Crippen LogP contribution in [0.15, 0.2) is 18.2 Å². The second kappa shape index (κ2) is 5.85. The minimum atomic E-state index is -0.0902. The van der Waals surface area contributed by atoms with Crippen molar-refractivity contribution in [3.8, 4) is 0 Å². The lowest BCUT2D eigenvalue weighted by molar-refractivity contribution is 0.0463. The van der Waals surface area contributed by atoms with Gasteiger partial charge in [-0.1, -0.05) is 18.0 Å². The molecule has 0 aliphatic carbocycles. The van der Waals surface area contributed by atoms with Crippen LogP contribution < -0.4 is 11.1 Å². The largest absolute Gasteiger partial charge is 0.399 e. The van der Waals surface area contributed by atoms with Crippen LogP contribution in [0.5, 0.6) is 0 Å². The molecule has 114 valence electrons. The lowest BCUT2D eigenvalue weighted by Crippen LogP contribution is -2.55. The molecule has 2 fully saturated rings. The van der Waals surface area contributed by atoms with Crippen LogP contribution in [0.4, 0.5) is 5.69 Å². The molecule has 1 aromatic carbocycles. The van der Waals surface area contributed by atoms with E-state index in [-0.39, 0.29) is 11.9 Å². The van der Waals surface area contributed by atoms with Crippen LogP contribution in [0, 0.1) is 0 Å². The van der Waals surface area contributed by atoms with Crippen LogP contribution in [0.2, 0.25) is 5.02 Å². The third kappa shape index (κ3) is 3.01. The number of piperidine rings is 2. The Hall–Kier alpha value is -1.26. The number of fused-ring (bicyclic) bond motifs is 2. The van der Waals surface area contributed by atoms with E-state index in [9.17, 15) is 4.79 Å². The summed E-state index contributed by atoms with van der Waals surface area (Å²) in [7, 11) is 2.21. The minimum Gasteiger partial charge on any atom is -0.399 e. The first-order valence-electron chi connectivity index (χ1n) is 7.62. The van der Waals surface area contributed by atoms with E-state index in [2.05, 4.69) is 17.3 Å². The SMILES string of the molecule is CN1C2CCCC1CC(NC(=O)c1ccc(N)cc1Cl)C2. The van der Waals surface area contributed by atoms with Crippen LogP contribution >= 0.6 is 11.6 Å². The van der Waals surface area contributed by atoms with E-state index in [1.165, 1.54) is 19.3 Å². The summed E-state index contributed by atoms with van der Waals surface area (Å²) < 4.78 is 0. The number of anilines is 1. The van der Waals surface area contributed by atoms with E-state index in [0.29, 0.717) is 28.4 Å². The van der Waals surface area contributed by atoms with Crippen molar-refractivity contribution in [1.29, 1.82) is 0 Å². The monoisotopic (exact) mass is 307 g/mol. The van der Waals surface area contributed by atoms with Crippen LogP contribution in [-0.2, 0) is 0 Å². The number of carbonyl (C=O) groups excluding carboxylic acids is 1. The molecule has 21 heavy (non-hydrogen) atoms. The molecule has 0 radical (unpaired) electrons. The Labute approximate surface area is 130 Å². The number of hydrogen-bond donors (Lipinski definition) is 2. The topological polar surface area (TPSA) is 58.4 Å². The number of amides is 1. The summed E-state index contributed by atoms with van der Waals surface area (Å²) in [6.07, 6.45) is 5.85.